The fourth-order valence-electron chi connectivity index (χ4n) is 2.64. The van der Waals surface area contributed by atoms with Gasteiger partial charge in [0.05, 0.1) is 10.3 Å². The van der Waals surface area contributed by atoms with Crippen LogP contribution in [0.1, 0.15) is 31.7 Å². The predicted molar refractivity (Wildman–Crippen MR) is 76.4 cm³/mol. The topological polar surface area (TPSA) is 98.3 Å². The molecule has 3 N–H and O–H groups in total. The number of anilines is 1. The van der Waals surface area contributed by atoms with E-state index in [1.165, 1.54) is 6.07 Å². The number of hydrogen-bond donors (Lipinski definition) is 2. The Hall–Kier alpha value is -1.95. The third kappa shape index (κ3) is 2.51. The van der Waals surface area contributed by atoms with E-state index in [1.807, 2.05) is 6.92 Å². The molecule has 0 saturated heterocycles. The van der Waals surface area contributed by atoms with Crippen LogP contribution < -0.4 is 11.1 Å². The zero-order valence-electron chi connectivity index (χ0n) is 11.7. The highest BCUT2D eigenvalue weighted by molar-refractivity contribution is 5.97. The van der Waals surface area contributed by atoms with Crippen LogP contribution in [-0.2, 0) is 4.79 Å². The van der Waals surface area contributed by atoms with E-state index in [0.29, 0.717) is 6.42 Å². The zero-order chi connectivity index (χ0) is 14.9. The van der Waals surface area contributed by atoms with E-state index in [2.05, 4.69) is 5.32 Å². The van der Waals surface area contributed by atoms with E-state index in [1.54, 1.807) is 19.1 Å². The molecule has 1 saturated carbocycles. The molecule has 6 nitrogen and oxygen atoms in total. The molecule has 1 aromatic carbocycles. The molecule has 6 heteroatoms. The number of nitro groups is 1. The molecule has 0 heterocycles. The summed E-state index contributed by atoms with van der Waals surface area (Å²) < 4.78 is 0. The lowest BCUT2D eigenvalue weighted by molar-refractivity contribution is -0.384. The summed E-state index contributed by atoms with van der Waals surface area (Å²) in [4.78, 5) is 23.0. The van der Waals surface area contributed by atoms with Crippen LogP contribution in [0.3, 0.4) is 0 Å². The Balaban J connectivity index is 2.26. The number of aryl methyl sites for hydroxylation is 1. The van der Waals surface area contributed by atoms with Gasteiger partial charge < -0.3 is 11.1 Å². The number of carbonyl (C=O) groups is 1. The number of nitro benzene ring substituents is 1. The second-order valence-electron chi connectivity index (χ2n) is 5.65. The van der Waals surface area contributed by atoms with Crippen LogP contribution in [0.25, 0.3) is 0 Å². The lowest BCUT2D eigenvalue weighted by atomic mass is 9.84. The first-order valence-corrected chi connectivity index (χ1v) is 6.66. The van der Waals surface area contributed by atoms with Crippen molar-refractivity contribution in [2.45, 2.75) is 39.2 Å². The van der Waals surface area contributed by atoms with Crippen molar-refractivity contribution in [3.63, 3.8) is 0 Å². The van der Waals surface area contributed by atoms with Crippen molar-refractivity contribution in [1.29, 1.82) is 0 Å². The number of amides is 1. The van der Waals surface area contributed by atoms with Gasteiger partial charge in [0.1, 0.15) is 5.69 Å². The molecule has 0 radical (unpaired) electrons. The number of carbonyl (C=O) groups excluding carboxylic acids is 1. The van der Waals surface area contributed by atoms with Gasteiger partial charge in [0.25, 0.3) is 5.69 Å². The Kier molecular flexibility index (Phi) is 3.76. The van der Waals surface area contributed by atoms with Crippen molar-refractivity contribution in [3.8, 4) is 0 Å². The van der Waals surface area contributed by atoms with Gasteiger partial charge in [-0.1, -0.05) is 12.5 Å². The van der Waals surface area contributed by atoms with Gasteiger partial charge in [-0.25, -0.2) is 0 Å². The average molecular weight is 277 g/mol. The molecule has 108 valence electrons. The van der Waals surface area contributed by atoms with Gasteiger partial charge in [-0.15, -0.1) is 0 Å². The lowest BCUT2D eigenvalue weighted by Gasteiger charge is -2.27. The molecule has 1 fully saturated rings. The molecule has 1 aliphatic rings. The van der Waals surface area contributed by atoms with Crippen LogP contribution in [0.4, 0.5) is 11.4 Å². The summed E-state index contributed by atoms with van der Waals surface area (Å²) in [7, 11) is 0. The summed E-state index contributed by atoms with van der Waals surface area (Å²) in [6.07, 6.45) is 2.42. The van der Waals surface area contributed by atoms with Crippen molar-refractivity contribution >= 4 is 17.3 Å². The summed E-state index contributed by atoms with van der Waals surface area (Å²) in [6, 6.07) is 4.55. The smallest absolute Gasteiger partial charge is 0.293 e. The zero-order valence-corrected chi connectivity index (χ0v) is 11.7. The summed E-state index contributed by atoms with van der Waals surface area (Å²) in [5.74, 6) is -0.241. The van der Waals surface area contributed by atoms with Gasteiger partial charge in [-0.3, -0.25) is 14.9 Å². The Morgan fingerprint density at radius 1 is 1.55 bits per heavy atom. The van der Waals surface area contributed by atoms with Crippen molar-refractivity contribution in [2.24, 2.45) is 11.1 Å². The lowest BCUT2D eigenvalue weighted by Crippen LogP contribution is -2.44. The van der Waals surface area contributed by atoms with E-state index >= 15 is 0 Å². The first-order valence-electron chi connectivity index (χ1n) is 6.66. The molecule has 1 aliphatic carbocycles. The monoisotopic (exact) mass is 277 g/mol. The number of nitrogens with zero attached hydrogens (tertiary/aromatic N) is 1. The molecule has 0 aliphatic heterocycles. The number of benzene rings is 1. The Labute approximate surface area is 117 Å². The fraction of sp³-hybridized carbons (Fsp3) is 0.500. The van der Waals surface area contributed by atoms with Crippen LogP contribution in [-0.4, -0.2) is 16.9 Å². The normalized spacial score (nSPS) is 25.4. The molecule has 2 unspecified atom stereocenters. The van der Waals surface area contributed by atoms with Crippen molar-refractivity contribution in [2.75, 3.05) is 5.32 Å². The van der Waals surface area contributed by atoms with Crippen LogP contribution in [0.2, 0.25) is 0 Å². The van der Waals surface area contributed by atoms with E-state index < -0.39 is 10.3 Å². The van der Waals surface area contributed by atoms with Crippen molar-refractivity contribution in [1.82, 2.24) is 0 Å². The van der Waals surface area contributed by atoms with E-state index in [0.717, 1.165) is 18.4 Å². The van der Waals surface area contributed by atoms with E-state index in [9.17, 15) is 14.9 Å². The second-order valence-corrected chi connectivity index (χ2v) is 5.65. The second kappa shape index (κ2) is 5.20. The maximum atomic E-state index is 12.4. The number of hydrogen-bond acceptors (Lipinski definition) is 4. The molecule has 2 rings (SSSR count). The highest BCUT2D eigenvalue weighted by Crippen LogP contribution is 2.38. The summed E-state index contributed by atoms with van der Waals surface area (Å²) in [6.45, 7) is 3.59. The van der Waals surface area contributed by atoms with Crippen LogP contribution in [0.15, 0.2) is 18.2 Å². The van der Waals surface area contributed by atoms with Gasteiger partial charge in [0.15, 0.2) is 0 Å². The Morgan fingerprint density at radius 2 is 2.25 bits per heavy atom. The van der Waals surface area contributed by atoms with Gasteiger partial charge in [0, 0.05) is 12.1 Å². The molecule has 2 atom stereocenters. The minimum absolute atomic E-state index is 0.0893. The molecule has 20 heavy (non-hydrogen) atoms. The summed E-state index contributed by atoms with van der Waals surface area (Å²) in [5, 5.41) is 13.7. The number of nitrogens with one attached hydrogen (secondary N) is 1. The molecule has 0 aromatic heterocycles. The number of nitrogens with two attached hydrogens (primary N) is 1. The highest BCUT2D eigenvalue weighted by atomic mass is 16.6. The van der Waals surface area contributed by atoms with Crippen LogP contribution in [0.5, 0.6) is 0 Å². The fourth-order valence-corrected chi connectivity index (χ4v) is 2.64. The van der Waals surface area contributed by atoms with E-state index in [4.69, 9.17) is 5.73 Å². The molecule has 0 bridgehead atoms. The largest absolute Gasteiger partial charge is 0.327 e. The number of rotatable bonds is 3. The molecule has 0 spiro atoms. The van der Waals surface area contributed by atoms with Gasteiger partial charge in [-0.05, 0) is 38.3 Å². The maximum Gasteiger partial charge on any atom is 0.293 e. The van der Waals surface area contributed by atoms with Crippen molar-refractivity contribution < 1.29 is 9.72 Å². The first-order chi connectivity index (χ1) is 9.34. The molecular formula is C14H19N3O3. The van der Waals surface area contributed by atoms with Crippen LogP contribution >= 0.6 is 0 Å². The summed E-state index contributed by atoms with van der Waals surface area (Å²) in [5.41, 5.74) is 6.26. The minimum Gasteiger partial charge on any atom is -0.327 e. The van der Waals surface area contributed by atoms with Crippen LogP contribution in [0, 0.1) is 22.5 Å². The SMILES string of the molecule is Cc1ccc(NC(=O)C2(C)CCCC2N)c([N+](=O)[O-])c1. The quantitative estimate of drug-likeness (QED) is 0.654. The van der Waals surface area contributed by atoms with Gasteiger partial charge in [0.2, 0.25) is 5.91 Å². The summed E-state index contributed by atoms with van der Waals surface area (Å²) >= 11 is 0. The predicted octanol–water partition coefficient (Wildman–Crippen LogP) is 2.36. The maximum absolute atomic E-state index is 12.4. The van der Waals surface area contributed by atoms with Crippen molar-refractivity contribution in [3.05, 3.63) is 33.9 Å². The third-order valence-corrected chi connectivity index (χ3v) is 4.15. The van der Waals surface area contributed by atoms with Gasteiger partial charge >= 0.3 is 0 Å². The minimum atomic E-state index is -0.654. The third-order valence-electron chi connectivity index (χ3n) is 4.15. The van der Waals surface area contributed by atoms with Gasteiger partial charge in [-0.2, -0.15) is 0 Å². The first kappa shape index (κ1) is 14.5. The highest BCUT2D eigenvalue weighted by Gasteiger charge is 2.43. The molecule has 1 amide bonds. The van der Waals surface area contributed by atoms with E-state index in [-0.39, 0.29) is 23.3 Å². The Bertz CT molecular complexity index is 559. The molecule has 1 aromatic rings. The Morgan fingerprint density at radius 3 is 2.80 bits per heavy atom. The molecular weight excluding hydrogens is 258 g/mol. The average Bonchev–Trinajstić information content (AvgIpc) is 2.73. The standard InChI is InChI=1S/C14H19N3O3/c1-9-5-6-10(11(8-9)17(19)20)16-13(18)14(2)7-3-4-12(14)15/h5-6,8,12H,3-4,7,15H2,1-2H3,(H,16,18).